The van der Waals surface area contributed by atoms with Crippen molar-refractivity contribution in [1.82, 2.24) is 0 Å². The molecule has 0 spiro atoms. The Morgan fingerprint density at radius 3 is 1.29 bits per heavy atom. The van der Waals surface area contributed by atoms with Crippen LogP contribution in [0.15, 0.2) is 0 Å². The number of rotatable bonds is 14. The van der Waals surface area contributed by atoms with Gasteiger partial charge < -0.3 is 0 Å². The first kappa shape index (κ1) is 16.9. The predicted molar refractivity (Wildman–Crippen MR) is 72.8 cm³/mol. The molecule has 0 saturated heterocycles. The van der Waals surface area contributed by atoms with Gasteiger partial charge in [-0.1, -0.05) is 84.0 Å². The van der Waals surface area contributed by atoms with Crippen LogP contribution in [0.2, 0.25) is 0 Å². The molecule has 0 radical (unpaired) electrons. The minimum Gasteiger partial charge on any atom is -0.194 e. The van der Waals surface area contributed by atoms with Crippen LogP contribution in [0.25, 0.3) is 0 Å². The third kappa shape index (κ3) is 15.9. The topological polar surface area (TPSA) is 9.23 Å². The molecule has 0 amide bonds. The molecule has 0 aliphatic carbocycles. The minimum atomic E-state index is 0.276. The van der Waals surface area contributed by atoms with Gasteiger partial charge in [0.1, 0.15) is 0 Å². The lowest BCUT2D eigenvalue weighted by Crippen LogP contribution is -1.86. The Balaban J connectivity index is 2.85. The quantitative estimate of drug-likeness (QED) is 0.343. The summed E-state index contributed by atoms with van der Waals surface area (Å²) in [7, 11) is 0. The summed E-state index contributed by atoms with van der Waals surface area (Å²) >= 11 is 0. The van der Waals surface area contributed by atoms with E-state index in [4.69, 9.17) is 0 Å². The monoisotopic (exact) mass is 246 g/mol. The van der Waals surface area contributed by atoms with Crippen LogP contribution in [0, 0.1) is 0 Å². The van der Waals surface area contributed by atoms with Crippen LogP contribution in [-0.2, 0) is 4.94 Å². The van der Waals surface area contributed by atoms with E-state index in [0.29, 0.717) is 0 Å². The molecular weight excluding hydrogens is 215 g/mol. The van der Waals surface area contributed by atoms with Gasteiger partial charge in [0.25, 0.3) is 0 Å². The van der Waals surface area contributed by atoms with E-state index < -0.39 is 0 Å². The highest BCUT2D eigenvalue weighted by Crippen LogP contribution is 2.12. The van der Waals surface area contributed by atoms with Crippen LogP contribution in [0.1, 0.15) is 90.4 Å². The molecule has 104 valence electrons. The van der Waals surface area contributed by atoms with Crippen LogP contribution >= 0.6 is 0 Å². The van der Waals surface area contributed by atoms with E-state index in [1.165, 1.54) is 70.6 Å². The predicted octanol–water partition coefficient (Wildman–Crippen LogP) is 5.98. The Bertz CT molecular complexity index is 114. The fraction of sp³-hybridized carbons (Fsp3) is 1.00. The van der Waals surface area contributed by atoms with E-state index in [0.717, 1.165) is 12.8 Å². The lowest BCUT2D eigenvalue weighted by Gasteiger charge is -2.02. The van der Waals surface area contributed by atoms with E-state index >= 15 is 0 Å². The molecule has 0 aromatic heterocycles. The van der Waals surface area contributed by atoms with E-state index in [1.807, 2.05) is 0 Å². The van der Waals surface area contributed by atoms with E-state index in [-0.39, 0.29) is 6.61 Å². The van der Waals surface area contributed by atoms with Crippen molar-refractivity contribution >= 4 is 0 Å². The Morgan fingerprint density at radius 1 is 0.588 bits per heavy atom. The maximum atomic E-state index is 11.3. The molecule has 0 fully saturated rings. The van der Waals surface area contributed by atoms with Crippen molar-refractivity contribution in [2.75, 3.05) is 6.61 Å². The standard InChI is InChI=1S/C15H31FO/c1-2-3-4-5-6-7-8-9-10-11-12-13-14-15-17-16/h2-15H2,1H3. The maximum absolute atomic E-state index is 11.3. The summed E-state index contributed by atoms with van der Waals surface area (Å²) in [6, 6.07) is 0. The Hall–Kier alpha value is -0.110. The van der Waals surface area contributed by atoms with Gasteiger partial charge in [-0.3, -0.25) is 0 Å². The zero-order valence-corrected chi connectivity index (χ0v) is 11.7. The van der Waals surface area contributed by atoms with Crippen molar-refractivity contribution in [2.45, 2.75) is 90.4 Å². The van der Waals surface area contributed by atoms with Gasteiger partial charge in [0.2, 0.25) is 0 Å². The first-order valence-electron chi connectivity index (χ1n) is 7.65. The zero-order valence-electron chi connectivity index (χ0n) is 11.7. The Morgan fingerprint density at radius 2 is 0.941 bits per heavy atom. The van der Waals surface area contributed by atoms with Gasteiger partial charge in [0.15, 0.2) is 0 Å². The van der Waals surface area contributed by atoms with Gasteiger partial charge in [0.05, 0.1) is 6.61 Å². The zero-order chi connectivity index (χ0) is 12.6. The van der Waals surface area contributed by atoms with Crippen molar-refractivity contribution in [2.24, 2.45) is 0 Å². The second kappa shape index (κ2) is 15.9. The fourth-order valence-electron chi connectivity index (χ4n) is 2.17. The number of unbranched alkanes of at least 4 members (excludes halogenated alkanes) is 12. The van der Waals surface area contributed by atoms with Gasteiger partial charge >= 0.3 is 0 Å². The first-order chi connectivity index (χ1) is 8.41. The van der Waals surface area contributed by atoms with E-state index in [2.05, 4.69) is 11.9 Å². The van der Waals surface area contributed by atoms with E-state index in [9.17, 15) is 4.53 Å². The summed E-state index contributed by atoms with van der Waals surface area (Å²) in [5, 5.41) is 0. The summed E-state index contributed by atoms with van der Waals surface area (Å²) < 4.78 is 11.3. The molecule has 0 bridgehead atoms. The number of halogens is 1. The smallest absolute Gasteiger partial charge is 0.0876 e. The summed E-state index contributed by atoms with van der Waals surface area (Å²) in [5.74, 6) is 0. The molecule has 0 aromatic carbocycles. The van der Waals surface area contributed by atoms with Crippen LogP contribution in [0.5, 0.6) is 0 Å². The molecule has 0 N–H and O–H groups in total. The highest BCUT2D eigenvalue weighted by Gasteiger charge is 1.93. The Kier molecular flexibility index (Phi) is 15.8. The molecule has 2 heteroatoms. The van der Waals surface area contributed by atoms with Gasteiger partial charge in [-0.15, -0.1) is 0 Å². The van der Waals surface area contributed by atoms with Crippen molar-refractivity contribution < 1.29 is 9.47 Å². The summed E-state index contributed by atoms with van der Waals surface area (Å²) in [6.45, 7) is 2.54. The molecule has 0 unspecified atom stereocenters. The van der Waals surface area contributed by atoms with Crippen molar-refractivity contribution in [3.8, 4) is 0 Å². The lowest BCUT2D eigenvalue weighted by molar-refractivity contribution is -0.133. The number of hydrogen-bond acceptors (Lipinski definition) is 1. The fourth-order valence-corrected chi connectivity index (χ4v) is 2.17. The molecule has 0 heterocycles. The highest BCUT2D eigenvalue weighted by molar-refractivity contribution is 4.48. The average Bonchev–Trinajstić information content (AvgIpc) is 2.35. The van der Waals surface area contributed by atoms with Crippen LogP contribution in [0.4, 0.5) is 4.53 Å². The number of hydrogen-bond donors (Lipinski definition) is 0. The molecule has 0 atom stereocenters. The van der Waals surface area contributed by atoms with E-state index in [1.54, 1.807) is 0 Å². The average molecular weight is 246 g/mol. The normalized spacial score (nSPS) is 10.9. The van der Waals surface area contributed by atoms with Crippen molar-refractivity contribution in [3.63, 3.8) is 0 Å². The van der Waals surface area contributed by atoms with Crippen LogP contribution in [-0.4, -0.2) is 6.61 Å². The molecule has 0 aliphatic rings. The molecule has 0 saturated carbocycles. The molecular formula is C15H31FO. The Labute approximate surface area is 107 Å². The third-order valence-corrected chi connectivity index (χ3v) is 3.33. The van der Waals surface area contributed by atoms with Gasteiger partial charge in [-0.25, -0.2) is 0 Å². The molecule has 0 aromatic rings. The minimum absolute atomic E-state index is 0.276. The van der Waals surface area contributed by atoms with Crippen LogP contribution < -0.4 is 0 Å². The van der Waals surface area contributed by atoms with Crippen molar-refractivity contribution in [3.05, 3.63) is 0 Å². The van der Waals surface area contributed by atoms with Gasteiger partial charge in [-0.05, 0) is 10.9 Å². The first-order valence-corrected chi connectivity index (χ1v) is 7.65. The van der Waals surface area contributed by atoms with Gasteiger partial charge in [-0.2, -0.15) is 4.94 Å². The molecule has 1 nitrogen and oxygen atoms in total. The highest BCUT2D eigenvalue weighted by atomic mass is 19.3. The SMILES string of the molecule is CCCCCCCCCCCCCCCOF. The van der Waals surface area contributed by atoms with Crippen molar-refractivity contribution in [1.29, 1.82) is 0 Å². The summed E-state index contributed by atoms with van der Waals surface area (Å²) in [6.07, 6.45) is 17.1. The largest absolute Gasteiger partial charge is 0.194 e. The molecule has 0 rings (SSSR count). The lowest BCUT2D eigenvalue weighted by atomic mass is 10.0. The molecule has 17 heavy (non-hydrogen) atoms. The van der Waals surface area contributed by atoms with Crippen LogP contribution in [0.3, 0.4) is 0 Å². The van der Waals surface area contributed by atoms with Gasteiger partial charge in [0, 0.05) is 0 Å². The summed E-state index contributed by atoms with van der Waals surface area (Å²) in [4.78, 5) is 3.54. The second-order valence-corrected chi connectivity index (χ2v) is 5.06. The summed E-state index contributed by atoms with van der Waals surface area (Å²) in [5.41, 5.74) is 0. The second-order valence-electron chi connectivity index (χ2n) is 5.06. The molecule has 0 aliphatic heterocycles. The third-order valence-electron chi connectivity index (χ3n) is 3.33. The maximum Gasteiger partial charge on any atom is 0.0876 e.